The fraction of sp³-hybridized carbons (Fsp3) is 0. The molecule has 0 aliphatic carbocycles. The highest BCUT2D eigenvalue weighted by molar-refractivity contribution is 9.10. The maximum Gasteiger partial charge on any atom is 0.329 e. The van der Waals surface area contributed by atoms with Crippen LogP contribution < -0.4 is 0 Å². The van der Waals surface area contributed by atoms with Gasteiger partial charge in [-0.1, -0.05) is 50.1 Å². The third-order valence-corrected chi connectivity index (χ3v) is 7.70. The number of nitrogens with zero attached hydrogens (tertiary/aromatic N) is 9. The lowest BCUT2D eigenvalue weighted by Crippen LogP contribution is -2.14. The number of aromatic nitrogens is 1. The van der Waals surface area contributed by atoms with Crippen LogP contribution in [-0.4, -0.2) is 47.0 Å². The van der Waals surface area contributed by atoms with Gasteiger partial charge in [0.15, 0.2) is 0 Å². The molecule has 1 aromatic heterocycles. The summed E-state index contributed by atoms with van der Waals surface area (Å²) in [6.07, 6.45) is 3.18. The first-order valence-corrected chi connectivity index (χ1v) is 14.6. The van der Waals surface area contributed by atoms with Crippen LogP contribution in [-0.2, 0) is 0 Å². The highest BCUT2D eigenvalue weighted by Crippen LogP contribution is 2.23. The van der Waals surface area contributed by atoms with E-state index in [0.29, 0.717) is 50.2 Å². The van der Waals surface area contributed by atoms with Crippen molar-refractivity contribution in [2.75, 3.05) is 0 Å². The van der Waals surface area contributed by atoms with Gasteiger partial charge in [0.25, 0.3) is 0 Å². The first kappa shape index (κ1) is 30.0. The molecule has 5 aromatic rings. The molecule has 0 aliphatic rings. The highest BCUT2D eigenvalue weighted by Gasteiger charge is 2.27. The molecule has 210 valence electrons. The normalized spacial score (nSPS) is 10.0. The van der Waals surface area contributed by atoms with Gasteiger partial charge in [0.05, 0.1) is 44.5 Å². The van der Waals surface area contributed by atoms with Gasteiger partial charge in [0, 0.05) is 21.3 Å². The minimum Gasteiger partial charge on any atom is -0.361 e. The average molecular weight is 701 g/mol. The molecule has 0 radical (unpaired) electrons. The maximum atomic E-state index is 10.3. The van der Waals surface area contributed by atoms with Crippen molar-refractivity contribution < 1.29 is 19.2 Å². The second-order valence-electron chi connectivity index (χ2n) is 9.43. The molecule has 0 saturated carbocycles. The van der Waals surface area contributed by atoms with E-state index in [9.17, 15) is 22.1 Å². The second-order valence-corrected chi connectivity index (χ2v) is 11.3. The predicted molar refractivity (Wildman–Crippen MR) is 173 cm³/mol. The quantitative estimate of drug-likeness (QED) is 0.0965. The van der Waals surface area contributed by atoms with Crippen LogP contribution in [0.5, 0.6) is 0 Å². The van der Waals surface area contributed by atoms with Crippen LogP contribution in [0, 0.1) is 0 Å². The summed E-state index contributed by atoms with van der Waals surface area (Å²) in [4.78, 5) is 18.4. The molecule has 44 heavy (non-hydrogen) atoms. The Hall–Kier alpha value is -5.49. The zero-order valence-corrected chi connectivity index (χ0v) is 25.9. The lowest BCUT2D eigenvalue weighted by atomic mass is 9.90. The van der Waals surface area contributed by atoms with E-state index < -0.39 is 0 Å². The van der Waals surface area contributed by atoms with Crippen molar-refractivity contribution in [3.05, 3.63) is 191 Å². The zero-order valence-electron chi connectivity index (χ0n) is 22.8. The number of halogens is 2. The molecule has 11 heteroatoms. The Morgan fingerprint density at radius 2 is 0.727 bits per heavy atom. The van der Waals surface area contributed by atoms with E-state index in [4.69, 9.17) is 0 Å². The molecule has 0 atom stereocenters. The molecule has 1 heterocycles. The van der Waals surface area contributed by atoms with Crippen LogP contribution >= 0.6 is 31.9 Å². The zero-order chi connectivity index (χ0) is 31.1. The number of benzene rings is 4. The summed E-state index contributed by atoms with van der Waals surface area (Å²) in [5.41, 5.74) is 45.7. The summed E-state index contributed by atoms with van der Waals surface area (Å²) in [7, 11) is 0. The fourth-order valence-electron chi connectivity index (χ4n) is 4.76. The van der Waals surface area contributed by atoms with E-state index in [-0.39, 0.29) is 17.1 Å². The summed E-state index contributed by atoms with van der Waals surface area (Å²) in [6.45, 7) is 0. The Morgan fingerprint density at radius 3 is 1.09 bits per heavy atom. The van der Waals surface area contributed by atoms with E-state index in [2.05, 4.69) is 56.0 Å². The van der Waals surface area contributed by atoms with Crippen molar-refractivity contribution in [2.45, 2.75) is 0 Å². The molecular formula is C33H19Br2N9. The van der Waals surface area contributed by atoms with Gasteiger partial charge in [-0.15, -0.1) is 0 Å². The third-order valence-electron chi connectivity index (χ3n) is 6.71. The summed E-state index contributed by atoms with van der Waals surface area (Å²) in [5.74, 6) is 0. The van der Waals surface area contributed by atoms with Gasteiger partial charge in [-0.3, -0.25) is 4.98 Å². The van der Waals surface area contributed by atoms with Crippen LogP contribution in [0.2, 0.25) is 0 Å². The number of hydrogen-bond acceptors (Lipinski definition) is 1. The molecule has 0 amide bonds. The fourth-order valence-corrected chi connectivity index (χ4v) is 5.56. The third kappa shape index (κ3) is 6.45. The molecule has 0 fully saturated rings. The van der Waals surface area contributed by atoms with Gasteiger partial charge in [-0.2, -0.15) is 19.2 Å². The monoisotopic (exact) mass is 699 g/mol. The molecule has 0 saturated heterocycles. The lowest BCUT2D eigenvalue weighted by molar-refractivity contribution is -0.00346. The number of rotatable bonds is 8. The van der Waals surface area contributed by atoms with E-state index >= 15 is 0 Å². The smallest absolute Gasteiger partial charge is 0.329 e. The van der Waals surface area contributed by atoms with Gasteiger partial charge < -0.3 is 22.1 Å². The van der Waals surface area contributed by atoms with Crippen LogP contribution in [0.25, 0.3) is 22.1 Å². The highest BCUT2D eigenvalue weighted by atomic mass is 79.9. The van der Waals surface area contributed by atoms with Crippen LogP contribution in [0.1, 0.15) is 44.5 Å². The maximum absolute atomic E-state index is 10.3. The van der Waals surface area contributed by atoms with Gasteiger partial charge in [0.1, 0.15) is 0 Å². The van der Waals surface area contributed by atoms with E-state index in [1.807, 2.05) is 24.3 Å². The minimum atomic E-state index is 0.167. The van der Waals surface area contributed by atoms with Crippen molar-refractivity contribution in [3.63, 3.8) is 0 Å². The molecule has 0 N–H and O–H groups in total. The average Bonchev–Trinajstić information content (AvgIpc) is 3.03. The first-order chi connectivity index (χ1) is 21.4. The minimum absolute atomic E-state index is 0.167. The van der Waals surface area contributed by atoms with Crippen molar-refractivity contribution in [3.8, 4) is 0 Å². The van der Waals surface area contributed by atoms with E-state index in [1.54, 1.807) is 91.3 Å². The van der Waals surface area contributed by atoms with Crippen LogP contribution in [0.4, 0.5) is 0 Å². The lowest BCUT2D eigenvalue weighted by Gasteiger charge is -2.06. The molecule has 4 aromatic carbocycles. The van der Waals surface area contributed by atoms with Crippen molar-refractivity contribution in [1.29, 1.82) is 0 Å². The molecular weight excluding hydrogens is 682 g/mol. The Labute approximate surface area is 268 Å². The standard InChI is InChI=1S/C33H19Br2N9/c34-28-8-2-6-23(18-28)32(43-38)26-15-25(16-27(17-26)33(44-39)24-7-3-9-29(35)19-24)31(42-37)22-5-1-4-21(14-22)30(41-36)20-10-12-40-13-11-20/h1-19H. The predicted octanol–water partition coefficient (Wildman–Crippen LogP) is 6.88. The van der Waals surface area contributed by atoms with E-state index in [1.165, 1.54) is 0 Å². The van der Waals surface area contributed by atoms with Crippen molar-refractivity contribution in [1.82, 2.24) is 4.98 Å². The Morgan fingerprint density at radius 1 is 0.409 bits per heavy atom. The molecule has 0 spiro atoms. The summed E-state index contributed by atoms with van der Waals surface area (Å²) < 4.78 is 1.56. The van der Waals surface area contributed by atoms with Crippen LogP contribution in [0.15, 0.2) is 124 Å². The van der Waals surface area contributed by atoms with Gasteiger partial charge in [-0.25, -0.2) is 0 Å². The topological polar surface area (TPSA) is 158 Å². The molecule has 9 nitrogen and oxygen atoms in total. The number of pyridine rings is 1. The van der Waals surface area contributed by atoms with E-state index in [0.717, 1.165) is 8.95 Å². The molecule has 0 unspecified atom stereocenters. The van der Waals surface area contributed by atoms with Gasteiger partial charge >= 0.3 is 22.8 Å². The SMILES string of the molecule is [N-]=[N+]=C(c1ccncc1)c1cccc(C(=[N+]=[N-])c2cc(C(=[N+]=[N-])c3cccc(Br)c3)cc(C(=[N+]=[N-])c3cccc(Br)c3)c2)c1. The van der Waals surface area contributed by atoms with Gasteiger partial charge in [-0.05, 0) is 84.9 Å². The second kappa shape index (κ2) is 13.7. The van der Waals surface area contributed by atoms with Crippen LogP contribution in [0.3, 0.4) is 0 Å². The summed E-state index contributed by atoms with van der Waals surface area (Å²) in [5, 5.41) is 0. The summed E-state index contributed by atoms with van der Waals surface area (Å²) in [6, 6.07) is 30.1. The summed E-state index contributed by atoms with van der Waals surface area (Å²) >= 11 is 6.93. The Bertz CT molecular complexity index is 2030. The van der Waals surface area contributed by atoms with Crippen molar-refractivity contribution in [2.24, 2.45) is 0 Å². The molecule has 5 rings (SSSR count). The Balaban J connectivity index is 1.71. The Kier molecular flexibility index (Phi) is 9.31. The number of hydrogen-bond donors (Lipinski definition) is 0. The van der Waals surface area contributed by atoms with Crippen molar-refractivity contribution >= 4 is 54.7 Å². The largest absolute Gasteiger partial charge is 0.361 e. The molecule has 0 aliphatic heterocycles. The van der Waals surface area contributed by atoms with Gasteiger partial charge in [0.2, 0.25) is 0 Å². The first-order valence-electron chi connectivity index (χ1n) is 13.0. The molecule has 0 bridgehead atoms.